The molecule has 1 heterocycles. The van der Waals surface area contributed by atoms with Gasteiger partial charge in [0, 0.05) is 10.8 Å². The van der Waals surface area contributed by atoms with Crippen molar-refractivity contribution in [1.82, 2.24) is 0 Å². The van der Waals surface area contributed by atoms with E-state index in [4.69, 9.17) is 11.3 Å². The minimum Gasteiger partial charge on any atom is -0.456 e. The summed E-state index contributed by atoms with van der Waals surface area (Å²) in [6.07, 6.45) is 0. The zero-order valence-corrected chi connectivity index (χ0v) is 26.3. The fourth-order valence-corrected chi connectivity index (χ4v) is 7.61. The van der Waals surface area contributed by atoms with Gasteiger partial charge in [0.1, 0.15) is 11.2 Å². The molecular formula is C48H30O. The van der Waals surface area contributed by atoms with Gasteiger partial charge in [-0.25, -0.2) is 0 Å². The fraction of sp³-hybridized carbons (Fsp3) is 0. The van der Waals surface area contributed by atoms with Gasteiger partial charge in [0.15, 0.2) is 0 Å². The summed E-state index contributed by atoms with van der Waals surface area (Å²) in [5.74, 6) is 0. The lowest BCUT2D eigenvalue weighted by atomic mass is 9.83. The highest BCUT2D eigenvalue weighted by atomic mass is 16.3. The van der Waals surface area contributed by atoms with E-state index in [0.29, 0.717) is 5.56 Å². The molecule has 228 valence electrons. The van der Waals surface area contributed by atoms with Gasteiger partial charge >= 0.3 is 0 Å². The first-order chi connectivity index (χ1) is 26.4. The molecule has 10 aromatic rings. The van der Waals surface area contributed by atoms with E-state index < -0.39 is 6.04 Å². The van der Waals surface area contributed by atoms with Gasteiger partial charge < -0.3 is 4.42 Å². The Morgan fingerprint density at radius 2 is 0.857 bits per heavy atom. The maximum atomic E-state index is 8.74. The topological polar surface area (TPSA) is 13.1 Å². The summed E-state index contributed by atoms with van der Waals surface area (Å²) < 4.78 is 48.4. The molecular weight excluding hydrogens is 593 g/mol. The number of para-hydroxylation sites is 1. The summed E-state index contributed by atoms with van der Waals surface area (Å²) in [7, 11) is 0. The second kappa shape index (κ2) is 11.1. The van der Waals surface area contributed by atoms with Crippen molar-refractivity contribution in [3.63, 3.8) is 0 Å². The normalized spacial score (nSPS) is 13.1. The molecule has 0 amide bonds. The third-order valence-electron chi connectivity index (χ3n) is 9.76. The van der Waals surface area contributed by atoms with Gasteiger partial charge in [-0.3, -0.25) is 0 Å². The van der Waals surface area contributed by atoms with Crippen LogP contribution in [0, 0.1) is 0 Å². The predicted molar refractivity (Wildman–Crippen MR) is 208 cm³/mol. The van der Waals surface area contributed by atoms with Crippen molar-refractivity contribution < 1.29 is 11.3 Å². The van der Waals surface area contributed by atoms with E-state index in [0.717, 1.165) is 87.6 Å². The van der Waals surface area contributed by atoms with Gasteiger partial charge in [-0.15, -0.1) is 0 Å². The molecule has 10 rings (SSSR count). The summed E-state index contributed by atoms with van der Waals surface area (Å²) in [6.45, 7) is 0. The molecule has 0 saturated heterocycles. The van der Waals surface area contributed by atoms with Crippen molar-refractivity contribution in [2.45, 2.75) is 0 Å². The Hall–Kier alpha value is -6.44. The van der Waals surface area contributed by atoms with Crippen LogP contribution in [0.2, 0.25) is 0 Å². The summed E-state index contributed by atoms with van der Waals surface area (Å²) in [5.41, 5.74) is 9.16. The molecule has 0 atom stereocenters. The molecule has 1 nitrogen and oxygen atoms in total. The summed E-state index contributed by atoms with van der Waals surface area (Å²) in [4.78, 5) is 0. The number of benzene rings is 9. The fourth-order valence-electron chi connectivity index (χ4n) is 7.61. The van der Waals surface area contributed by atoms with Gasteiger partial charge in [0.2, 0.25) is 0 Å². The third kappa shape index (κ3) is 4.40. The Kier molecular flexibility index (Phi) is 5.20. The molecule has 0 spiro atoms. The highest BCUT2D eigenvalue weighted by Crippen LogP contribution is 2.47. The number of rotatable bonds is 4. The Morgan fingerprint density at radius 1 is 0.327 bits per heavy atom. The number of hydrogen-bond acceptors (Lipinski definition) is 1. The lowest BCUT2D eigenvalue weighted by molar-refractivity contribution is 0.669. The average molecular weight is 628 g/mol. The molecule has 1 heteroatoms. The molecule has 1 aromatic heterocycles. The van der Waals surface area contributed by atoms with Crippen LogP contribution in [0.5, 0.6) is 0 Å². The van der Waals surface area contributed by atoms with Crippen molar-refractivity contribution in [1.29, 1.82) is 0 Å². The quantitative estimate of drug-likeness (QED) is 0.177. The second-order valence-corrected chi connectivity index (χ2v) is 12.4. The van der Waals surface area contributed by atoms with E-state index in [-0.39, 0.29) is 29.7 Å². The highest BCUT2D eigenvalue weighted by molar-refractivity contribution is 6.24. The van der Waals surface area contributed by atoms with Crippen molar-refractivity contribution in [2.75, 3.05) is 0 Å². The largest absolute Gasteiger partial charge is 0.456 e. The van der Waals surface area contributed by atoms with Crippen LogP contribution in [-0.4, -0.2) is 0 Å². The first-order valence-electron chi connectivity index (χ1n) is 18.9. The van der Waals surface area contributed by atoms with Gasteiger partial charge in [-0.1, -0.05) is 158 Å². The Morgan fingerprint density at radius 3 is 1.57 bits per heavy atom. The Balaban J connectivity index is 1.20. The van der Waals surface area contributed by atoms with Crippen LogP contribution >= 0.6 is 0 Å². The maximum Gasteiger partial charge on any atom is 0.135 e. The van der Waals surface area contributed by atoms with Gasteiger partial charge in [0.25, 0.3) is 0 Å². The van der Waals surface area contributed by atoms with E-state index >= 15 is 0 Å². The van der Waals surface area contributed by atoms with E-state index in [2.05, 4.69) is 103 Å². The van der Waals surface area contributed by atoms with E-state index in [1.54, 1.807) is 0 Å². The van der Waals surface area contributed by atoms with Crippen LogP contribution in [0.1, 0.15) is 6.85 Å². The van der Waals surface area contributed by atoms with Crippen LogP contribution < -0.4 is 0 Å². The minimum absolute atomic E-state index is 0.203. The lowest BCUT2D eigenvalue weighted by Gasteiger charge is -2.20. The molecule has 9 aromatic carbocycles. The van der Waals surface area contributed by atoms with Gasteiger partial charge in [0.05, 0.1) is 6.85 Å². The van der Waals surface area contributed by atoms with E-state index in [9.17, 15) is 0 Å². The number of hydrogen-bond donors (Lipinski definition) is 0. The van der Waals surface area contributed by atoms with Gasteiger partial charge in [-0.2, -0.15) is 0 Å². The molecule has 0 saturated carbocycles. The van der Waals surface area contributed by atoms with E-state index in [1.807, 2.05) is 48.5 Å². The molecule has 0 radical (unpaired) electrons. The van der Waals surface area contributed by atoms with Crippen LogP contribution in [0.15, 0.2) is 186 Å². The second-order valence-electron chi connectivity index (χ2n) is 12.4. The Labute approximate surface area is 291 Å². The number of fused-ring (bicyclic) bond motifs is 6. The average Bonchev–Trinajstić information content (AvgIpc) is 3.59. The maximum absolute atomic E-state index is 8.74. The SMILES string of the molecule is [2H]c1c([2H])c([2H])c(-c2ccc(-c3c4ccccc4c(-c4cccc(-c5ccc6oc7ccccc7c6c5)c4)c4ccccc34)c3ccccc23)c([2H])c1[2H]. The summed E-state index contributed by atoms with van der Waals surface area (Å²) in [6, 6.07) is 50.8. The highest BCUT2D eigenvalue weighted by Gasteiger charge is 2.19. The molecule has 49 heavy (non-hydrogen) atoms. The number of furan rings is 1. The van der Waals surface area contributed by atoms with Crippen molar-refractivity contribution in [2.24, 2.45) is 0 Å². The molecule has 0 bridgehead atoms. The molecule has 0 N–H and O–H groups in total. The molecule has 0 aliphatic heterocycles. The van der Waals surface area contributed by atoms with Crippen molar-refractivity contribution in [3.8, 4) is 44.5 Å². The molecule has 0 unspecified atom stereocenters. The first-order valence-corrected chi connectivity index (χ1v) is 16.4. The van der Waals surface area contributed by atoms with Crippen molar-refractivity contribution in [3.05, 3.63) is 182 Å². The van der Waals surface area contributed by atoms with Crippen LogP contribution in [0.4, 0.5) is 0 Å². The molecule has 0 fully saturated rings. The zero-order chi connectivity index (χ0) is 36.7. The summed E-state index contributed by atoms with van der Waals surface area (Å²) >= 11 is 0. The molecule has 0 aliphatic rings. The zero-order valence-electron chi connectivity index (χ0n) is 31.3. The van der Waals surface area contributed by atoms with Gasteiger partial charge in [-0.05, 0) is 101 Å². The van der Waals surface area contributed by atoms with E-state index in [1.165, 1.54) is 0 Å². The van der Waals surface area contributed by atoms with Crippen LogP contribution in [-0.2, 0) is 0 Å². The smallest absolute Gasteiger partial charge is 0.135 e. The third-order valence-corrected chi connectivity index (χ3v) is 9.76. The lowest BCUT2D eigenvalue weighted by Crippen LogP contribution is -1.92. The molecule has 0 aliphatic carbocycles. The first kappa shape index (κ1) is 23.0. The minimum atomic E-state index is -0.397. The Bertz CT molecular complexity index is 3090. The standard InChI is InChI=1S/C48H30O/c1-2-13-31(14-3-1)35-26-27-43(37-18-5-4-17-36(35)37)48-41-22-8-6-20-39(41)47(40-21-7-9-23-42(40)48)34-16-12-15-32(29-34)33-25-28-46-44(30-33)38-19-10-11-24-45(38)49-46/h1-30H/i1D,2D,3D,13D,14D. The van der Waals surface area contributed by atoms with Crippen LogP contribution in [0.25, 0.3) is 98.8 Å². The van der Waals surface area contributed by atoms with Crippen LogP contribution in [0.3, 0.4) is 0 Å². The summed E-state index contributed by atoms with van der Waals surface area (Å²) in [5, 5.41) is 8.41. The predicted octanol–water partition coefficient (Wildman–Crippen LogP) is 13.7. The monoisotopic (exact) mass is 627 g/mol. The van der Waals surface area contributed by atoms with Crippen molar-refractivity contribution >= 4 is 54.3 Å².